The predicted molar refractivity (Wildman–Crippen MR) is 74.8 cm³/mol. The maximum absolute atomic E-state index is 11.8. The smallest absolute Gasteiger partial charge is 0.338 e. The van der Waals surface area contributed by atoms with E-state index in [9.17, 15) is 4.79 Å². The van der Waals surface area contributed by atoms with Crippen molar-refractivity contribution in [2.24, 2.45) is 5.41 Å². The van der Waals surface area contributed by atoms with Crippen LogP contribution in [0.4, 0.5) is 0 Å². The van der Waals surface area contributed by atoms with E-state index in [1.807, 2.05) is 45.0 Å². The van der Waals surface area contributed by atoms with Crippen molar-refractivity contribution in [2.75, 3.05) is 6.61 Å². The number of aryl methyl sites for hydroxylation is 1. The van der Waals surface area contributed by atoms with Gasteiger partial charge in [-0.3, -0.25) is 0 Å². The largest absolute Gasteiger partial charge is 0.462 e. The highest BCUT2D eigenvalue weighted by molar-refractivity contribution is 5.89. The highest BCUT2D eigenvalue weighted by Crippen LogP contribution is 2.15. The van der Waals surface area contributed by atoms with E-state index < -0.39 is 0 Å². The maximum atomic E-state index is 11.8. The molecule has 0 N–H and O–H groups in total. The molecule has 0 amide bonds. The van der Waals surface area contributed by atoms with Crippen LogP contribution in [0.2, 0.25) is 0 Å². The van der Waals surface area contributed by atoms with Crippen molar-refractivity contribution in [2.45, 2.75) is 47.0 Å². The van der Waals surface area contributed by atoms with Gasteiger partial charge < -0.3 is 4.74 Å². The average Bonchev–Trinajstić information content (AvgIpc) is 2.33. The molecule has 2 nitrogen and oxygen atoms in total. The van der Waals surface area contributed by atoms with E-state index >= 15 is 0 Å². The van der Waals surface area contributed by atoms with E-state index in [0.29, 0.717) is 12.2 Å². The molecule has 0 aliphatic rings. The topological polar surface area (TPSA) is 26.3 Å². The molecule has 0 fully saturated rings. The minimum Gasteiger partial charge on any atom is -0.462 e. The molecule has 0 saturated heterocycles. The van der Waals surface area contributed by atoms with Crippen molar-refractivity contribution in [3.63, 3.8) is 0 Å². The molecule has 0 aliphatic carbocycles. The molecule has 0 saturated carbocycles. The number of carbonyl (C=O) groups is 1. The van der Waals surface area contributed by atoms with E-state index in [1.54, 1.807) is 0 Å². The molecule has 0 radical (unpaired) electrons. The van der Waals surface area contributed by atoms with Crippen LogP contribution in [0.3, 0.4) is 0 Å². The Morgan fingerprint density at radius 3 is 2.28 bits per heavy atom. The fourth-order valence-electron chi connectivity index (χ4n) is 1.55. The summed E-state index contributed by atoms with van der Waals surface area (Å²) >= 11 is 0. The zero-order chi connectivity index (χ0) is 13.6. The number of esters is 1. The molecule has 0 atom stereocenters. The zero-order valence-corrected chi connectivity index (χ0v) is 12.0. The highest BCUT2D eigenvalue weighted by atomic mass is 16.5. The van der Waals surface area contributed by atoms with Crippen LogP contribution in [0.25, 0.3) is 0 Å². The molecule has 1 aromatic rings. The van der Waals surface area contributed by atoms with Gasteiger partial charge in [0.2, 0.25) is 0 Å². The van der Waals surface area contributed by atoms with Crippen molar-refractivity contribution in [3.8, 4) is 0 Å². The van der Waals surface area contributed by atoms with Gasteiger partial charge in [-0.15, -0.1) is 0 Å². The molecule has 100 valence electrons. The van der Waals surface area contributed by atoms with Crippen molar-refractivity contribution in [1.82, 2.24) is 0 Å². The van der Waals surface area contributed by atoms with E-state index in [1.165, 1.54) is 18.4 Å². The molecule has 0 aliphatic heterocycles. The summed E-state index contributed by atoms with van der Waals surface area (Å²) in [5.74, 6) is -0.230. The molecule has 0 heterocycles. The van der Waals surface area contributed by atoms with Crippen LogP contribution in [0.15, 0.2) is 24.3 Å². The lowest BCUT2D eigenvalue weighted by Crippen LogP contribution is -2.18. The van der Waals surface area contributed by atoms with Crippen LogP contribution < -0.4 is 0 Å². The average molecular weight is 248 g/mol. The zero-order valence-electron chi connectivity index (χ0n) is 12.0. The second kappa shape index (κ2) is 6.58. The highest BCUT2D eigenvalue weighted by Gasteiger charge is 2.14. The van der Waals surface area contributed by atoms with Gasteiger partial charge in [0.25, 0.3) is 0 Å². The van der Waals surface area contributed by atoms with Gasteiger partial charge in [0.15, 0.2) is 0 Å². The van der Waals surface area contributed by atoms with Crippen LogP contribution in [0, 0.1) is 5.41 Å². The minimum absolute atomic E-state index is 0.0106. The summed E-state index contributed by atoms with van der Waals surface area (Å²) < 4.78 is 5.27. The Labute approximate surface area is 110 Å². The normalized spacial score (nSPS) is 11.3. The summed E-state index contributed by atoms with van der Waals surface area (Å²) in [6.07, 6.45) is 3.46. The van der Waals surface area contributed by atoms with Gasteiger partial charge in [0.1, 0.15) is 0 Å². The summed E-state index contributed by atoms with van der Waals surface area (Å²) in [7, 11) is 0. The standard InChI is InChI=1S/C16H24O2/c1-5-6-7-13-8-10-14(11-9-13)15(17)18-12-16(2,3)4/h8-11H,5-7,12H2,1-4H3. The van der Waals surface area contributed by atoms with Crippen LogP contribution >= 0.6 is 0 Å². The van der Waals surface area contributed by atoms with Gasteiger partial charge in [0.05, 0.1) is 12.2 Å². The van der Waals surface area contributed by atoms with Gasteiger partial charge in [-0.2, -0.15) is 0 Å². The Balaban J connectivity index is 2.54. The first kappa shape index (κ1) is 14.7. The number of ether oxygens (including phenoxy) is 1. The molecule has 0 unspecified atom stereocenters. The van der Waals surface area contributed by atoms with Crippen LogP contribution in [0.5, 0.6) is 0 Å². The third kappa shape index (κ3) is 5.35. The van der Waals surface area contributed by atoms with Crippen LogP contribution in [-0.4, -0.2) is 12.6 Å². The molecule has 0 spiro atoms. The number of hydrogen-bond donors (Lipinski definition) is 0. The van der Waals surface area contributed by atoms with Crippen LogP contribution in [0.1, 0.15) is 56.5 Å². The fraction of sp³-hybridized carbons (Fsp3) is 0.562. The number of hydrogen-bond acceptors (Lipinski definition) is 2. The second-order valence-corrected chi connectivity index (χ2v) is 5.94. The first-order valence-corrected chi connectivity index (χ1v) is 6.68. The Hall–Kier alpha value is -1.31. The third-order valence-electron chi connectivity index (χ3n) is 2.64. The molecule has 1 aromatic carbocycles. The van der Waals surface area contributed by atoms with Gasteiger partial charge >= 0.3 is 5.97 Å². The summed E-state index contributed by atoms with van der Waals surface area (Å²) in [6, 6.07) is 7.75. The van der Waals surface area contributed by atoms with Gasteiger partial charge in [-0.1, -0.05) is 46.2 Å². The summed E-state index contributed by atoms with van der Waals surface area (Å²) in [5, 5.41) is 0. The molecule has 18 heavy (non-hydrogen) atoms. The van der Waals surface area contributed by atoms with Gasteiger partial charge in [-0.25, -0.2) is 4.79 Å². The van der Waals surface area contributed by atoms with E-state index in [2.05, 4.69) is 6.92 Å². The lowest BCUT2D eigenvalue weighted by atomic mass is 9.99. The van der Waals surface area contributed by atoms with Crippen molar-refractivity contribution < 1.29 is 9.53 Å². The first-order chi connectivity index (χ1) is 8.42. The Kier molecular flexibility index (Phi) is 5.39. The molecular formula is C16H24O2. The second-order valence-electron chi connectivity index (χ2n) is 5.94. The lowest BCUT2D eigenvalue weighted by molar-refractivity contribution is 0.0367. The third-order valence-corrected chi connectivity index (χ3v) is 2.64. The molecular weight excluding hydrogens is 224 g/mol. The van der Waals surface area contributed by atoms with Crippen LogP contribution in [-0.2, 0) is 11.2 Å². The first-order valence-electron chi connectivity index (χ1n) is 6.68. The Morgan fingerprint density at radius 2 is 1.78 bits per heavy atom. The Morgan fingerprint density at radius 1 is 1.17 bits per heavy atom. The van der Waals surface area contributed by atoms with E-state index in [4.69, 9.17) is 4.74 Å². The van der Waals surface area contributed by atoms with Crippen molar-refractivity contribution in [1.29, 1.82) is 0 Å². The van der Waals surface area contributed by atoms with Crippen molar-refractivity contribution in [3.05, 3.63) is 35.4 Å². The monoisotopic (exact) mass is 248 g/mol. The minimum atomic E-state index is -0.230. The SMILES string of the molecule is CCCCc1ccc(C(=O)OCC(C)(C)C)cc1. The number of rotatable bonds is 5. The maximum Gasteiger partial charge on any atom is 0.338 e. The quantitative estimate of drug-likeness (QED) is 0.729. The number of benzene rings is 1. The summed E-state index contributed by atoms with van der Waals surface area (Å²) in [4.78, 5) is 11.8. The summed E-state index contributed by atoms with van der Waals surface area (Å²) in [5.41, 5.74) is 1.93. The fourth-order valence-corrected chi connectivity index (χ4v) is 1.55. The predicted octanol–water partition coefficient (Wildman–Crippen LogP) is 4.23. The number of unbranched alkanes of at least 4 members (excludes halogenated alkanes) is 1. The lowest BCUT2D eigenvalue weighted by Gasteiger charge is -2.17. The van der Waals surface area contributed by atoms with E-state index in [0.717, 1.165) is 6.42 Å². The Bertz CT molecular complexity index is 371. The molecule has 0 bridgehead atoms. The molecule has 0 aromatic heterocycles. The summed E-state index contributed by atoms with van der Waals surface area (Å²) in [6.45, 7) is 8.78. The molecule has 2 heteroatoms. The van der Waals surface area contributed by atoms with Gasteiger partial charge in [0, 0.05) is 0 Å². The van der Waals surface area contributed by atoms with Gasteiger partial charge in [-0.05, 0) is 36.0 Å². The molecule has 1 rings (SSSR count). The van der Waals surface area contributed by atoms with E-state index in [-0.39, 0.29) is 11.4 Å². The van der Waals surface area contributed by atoms with Crippen molar-refractivity contribution >= 4 is 5.97 Å². The number of carbonyl (C=O) groups excluding carboxylic acids is 1.